The van der Waals surface area contributed by atoms with Gasteiger partial charge in [0, 0.05) is 13.2 Å². The van der Waals surface area contributed by atoms with E-state index in [2.05, 4.69) is 0 Å². The minimum atomic E-state index is -3.65. The minimum Gasteiger partial charge on any atom is -0.480 e. The Balaban J connectivity index is 2.21. The molecular formula is C16H29NO5S. The average molecular weight is 347 g/mol. The zero-order chi connectivity index (χ0) is 17.2. The van der Waals surface area contributed by atoms with E-state index in [4.69, 9.17) is 4.74 Å². The number of fused-ring (bicyclic) bond motifs is 1. The van der Waals surface area contributed by atoms with Gasteiger partial charge in [-0.25, -0.2) is 8.42 Å². The summed E-state index contributed by atoms with van der Waals surface area (Å²) >= 11 is 0. The largest absolute Gasteiger partial charge is 0.480 e. The van der Waals surface area contributed by atoms with Crippen LogP contribution in [0.3, 0.4) is 0 Å². The van der Waals surface area contributed by atoms with Crippen LogP contribution in [0.2, 0.25) is 0 Å². The fraction of sp³-hybridized carbons (Fsp3) is 0.938. The van der Waals surface area contributed by atoms with Crippen molar-refractivity contribution in [3.05, 3.63) is 0 Å². The van der Waals surface area contributed by atoms with Crippen LogP contribution in [0.5, 0.6) is 0 Å². The number of carboxylic acid groups (broad SMARTS) is 1. The Morgan fingerprint density at radius 2 is 1.96 bits per heavy atom. The lowest BCUT2D eigenvalue weighted by atomic mass is 9.85. The number of ether oxygens (including phenoxy) is 1. The van der Waals surface area contributed by atoms with Crippen LogP contribution in [0.1, 0.15) is 52.4 Å². The molecule has 1 N–H and O–H groups in total. The smallest absolute Gasteiger partial charge is 0.322 e. The number of aliphatic carboxylic acids is 1. The Morgan fingerprint density at radius 1 is 1.30 bits per heavy atom. The van der Waals surface area contributed by atoms with E-state index in [1.54, 1.807) is 0 Å². The molecule has 23 heavy (non-hydrogen) atoms. The molecule has 2 rings (SSSR count). The normalized spacial score (nSPS) is 30.3. The third kappa shape index (κ3) is 4.25. The van der Waals surface area contributed by atoms with Crippen molar-refractivity contribution in [2.45, 2.75) is 70.6 Å². The predicted molar refractivity (Wildman–Crippen MR) is 87.7 cm³/mol. The van der Waals surface area contributed by atoms with Gasteiger partial charge in [-0.15, -0.1) is 0 Å². The minimum absolute atomic E-state index is 0.130. The second kappa shape index (κ2) is 7.49. The van der Waals surface area contributed by atoms with Gasteiger partial charge in [-0.05, 0) is 37.5 Å². The third-order valence-electron chi connectivity index (χ3n) is 5.10. The molecule has 0 amide bonds. The van der Waals surface area contributed by atoms with Crippen molar-refractivity contribution in [3.63, 3.8) is 0 Å². The van der Waals surface area contributed by atoms with Crippen LogP contribution in [0, 0.1) is 11.8 Å². The van der Waals surface area contributed by atoms with Crippen LogP contribution >= 0.6 is 0 Å². The molecule has 2 aliphatic rings. The molecule has 0 spiro atoms. The van der Waals surface area contributed by atoms with Gasteiger partial charge in [-0.2, -0.15) is 4.31 Å². The number of sulfonamides is 1. The summed E-state index contributed by atoms with van der Waals surface area (Å²) in [6.45, 7) is 4.04. The monoisotopic (exact) mass is 347 g/mol. The highest BCUT2D eigenvalue weighted by Crippen LogP contribution is 2.41. The number of nitrogens with zero attached hydrogens (tertiary/aromatic N) is 1. The summed E-state index contributed by atoms with van der Waals surface area (Å²) in [4.78, 5) is 11.6. The van der Waals surface area contributed by atoms with Gasteiger partial charge in [0.15, 0.2) is 0 Å². The molecule has 0 bridgehead atoms. The first-order chi connectivity index (χ1) is 10.8. The molecule has 4 unspecified atom stereocenters. The van der Waals surface area contributed by atoms with Gasteiger partial charge >= 0.3 is 5.97 Å². The topological polar surface area (TPSA) is 83.9 Å². The van der Waals surface area contributed by atoms with Crippen LogP contribution in [0.4, 0.5) is 0 Å². The summed E-state index contributed by atoms with van der Waals surface area (Å²) in [5.41, 5.74) is 0. The molecule has 0 radical (unpaired) electrons. The van der Waals surface area contributed by atoms with E-state index in [-0.39, 0.29) is 17.7 Å². The van der Waals surface area contributed by atoms with Gasteiger partial charge in [0.05, 0.1) is 11.9 Å². The fourth-order valence-electron chi connectivity index (χ4n) is 4.11. The van der Waals surface area contributed by atoms with Crippen LogP contribution < -0.4 is 0 Å². The summed E-state index contributed by atoms with van der Waals surface area (Å²) in [5.74, 6) is -0.646. The maximum atomic E-state index is 12.9. The quantitative estimate of drug-likeness (QED) is 0.762. The zero-order valence-electron chi connectivity index (χ0n) is 14.3. The molecule has 7 heteroatoms. The highest BCUT2D eigenvalue weighted by atomic mass is 32.2. The molecule has 0 aromatic rings. The van der Waals surface area contributed by atoms with Crippen molar-refractivity contribution < 1.29 is 23.1 Å². The molecule has 134 valence electrons. The van der Waals surface area contributed by atoms with Crippen molar-refractivity contribution in [2.24, 2.45) is 11.8 Å². The second-order valence-corrected chi connectivity index (χ2v) is 9.22. The van der Waals surface area contributed by atoms with E-state index in [0.29, 0.717) is 18.8 Å². The Labute approximate surface area is 139 Å². The Hall–Kier alpha value is -0.660. The lowest BCUT2D eigenvalue weighted by Gasteiger charge is -2.33. The second-order valence-electron chi connectivity index (χ2n) is 7.30. The first-order valence-corrected chi connectivity index (χ1v) is 10.1. The van der Waals surface area contributed by atoms with E-state index in [1.807, 2.05) is 13.8 Å². The standard InChI is InChI=1S/C16H29NO5S/c1-11(2)8-13(22-3)10-23(20,21)17-14-7-5-4-6-12(14)9-15(17)16(18)19/h11-15H,4-10H2,1-3H3,(H,18,19). The molecule has 6 nitrogen and oxygen atoms in total. The van der Waals surface area contributed by atoms with Crippen LogP contribution in [-0.4, -0.2) is 54.8 Å². The van der Waals surface area contributed by atoms with Crippen molar-refractivity contribution in [3.8, 4) is 0 Å². The average Bonchev–Trinajstić information content (AvgIpc) is 2.86. The van der Waals surface area contributed by atoms with Gasteiger partial charge < -0.3 is 9.84 Å². The fourth-order valence-corrected chi connectivity index (χ4v) is 6.28. The SMILES string of the molecule is COC(CC(C)C)CS(=O)(=O)N1C(C(=O)O)CC2CCCCC21. The first kappa shape index (κ1) is 18.7. The molecule has 2 fully saturated rings. The molecule has 0 aromatic heterocycles. The number of hydrogen-bond acceptors (Lipinski definition) is 4. The van der Waals surface area contributed by atoms with E-state index in [1.165, 1.54) is 11.4 Å². The molecule has 1 heterocycles. The third-order valence-corrected chi connectivity index (χ3v) is 7.06. The van der Waals surface area contributed by atoms with E-state index in [0.717, 1.165) is 25.7 Å². The lowest BCUT2D eigenvalue weighted by Crippen LogP contribution is -2.48. The van der Waals surface area contributed by atoms with Gasteiger partial charge in [0.2, 0.25) is 10.0 Å². The highest BCUT2D eigenvalue weighted by Gasteiger charge is 2.50. The molecule has 0 aromatic carbocycles. The van der Waals surface area contributed by atoms with E-state index >= 15 is 0 Å². The van der Waals surface area contributed by atoms with Crippen molar-refractivity contribution in [1.29, 1.82) is 0 Å². The van der Waals surface area contributed by atoms with Crippen molar-refractivity contribution >= 4 is 16.0 Å². The number of carboxylic acids is 1. The predicted octanol–water partition coefficient (Wildman–Crippen LogP) is 2.09. The van der Waals surface area contributed by atoms with Crippen LogP contribution in [0.15, 0.2) is 0 Å². The lowest BCUT2D eigenvalue weighted by molar-refractivity contribution is -0.141. The zero-order valence-corrected chi connectivity index (χ0v) is 15.1. The van der Waals surface area contributed by atoms with Gasteiger partial charge in [-0.1, -0.05) is 26.7 Å². The Morgan fingerprint density at radius 3 is 2.52 bits per heavy atom. The van der Waals surface area contributed by atoms with Crippen LogP contribution in [0.25, 0.3) is 0 Å². The number of hydrogen-bond donors (Lipinski definition) is 1. The van der Waals surface area contributed by atoms with E-state index in [9.17, 15) is 18.3 Å². The number of methoxy groups -OCH3 is 1. The number of rotatable bonds is 7. The van der Waals surface area contributed by atoms with Crippen LogP contribution in [-0.2, 0) is 19.6 Å². The summed E-state index contributed by atoms with van der Waals surface area (Å²) in [7, 11) is -2.14. The van der Waals surface area contributed by atoms with Gasteiger partial charge in [0.25, 0.3) is 0 Å². The molecule has 4 atom stereocenters. The molecule has 1 aliphatic heterocycles. The van der Waals surface area contributed by atoms with Gasteiger partial charge in [-0.3, -0.25) is 4.79 Å². The molecule has 1 saturated heterocycles. The first-order valence-electron chi connectivity index (χ1n) is 8.53. The molecular weight excluding hydrogens is 318 g/mol. The summed E-state index contributed by atoms with van der Waals surface area (Å²) in [6, 6.07) is -1.06. The summed E-state index contributed by atoms with van der Waals surface area (Å²) < 4.78 is 32.5. The van der Waals surface area contributed by atoms with Gasteiger partial charge in [0.1, 0.15) is 6.04 Å². The molecule has 1 saturated carbocycles. The summed E-state index contributed by atoms with van der Waals surface area (Å²) in [5, 5.41) is 9.49. The van der Waals surface area contributed by atoms with E-state index < -0.39 is 28.1 Å². The van der Waals surface area contributed by atoms with Crippen molar-refractivity contribution in [1.82, 2.24) is 4.31 Å². The Kier molecular flexibility index (Phi) is 6.08. The maximum absolute atomic E-state index is 12.9. The van der Waals surface area contributed by atoms with Crippen molar-refractivity contribution in [2.75, 3.05) is 12.9 Å². The Bertz CT molecular complexity index is 519. The highest BCUT2D eigenvalue weighted by molar-refractivity contribution is 7.89. The molecule has 1 aliphatic carbocycles. The number of carbonyl (C=O) groups is 1. The maximum Gasteiger partial charge on any atom is 0.322 e. The summed E-state index contributed by atoms with van der Waals surface area (Å²) in [6.07, 6.45) is 4.44.